The molecule has 0 heterocycles. The van der Waals surface area contributed by atoms with Crippen LogP contribution in [0.3, 0.4) is 0 Å². The summed E-state index contributed by atoms with van der Waals surface area (Å²) in [7, 11) is 3.35. The fourth-order valence-electron chi connectivity index (χ4n) is 2.44. The Labute approximate surface area is 143 Å². The van der Waals surface area contributed by atoms with Gasteiger partial charge in [0.2, 0.25) is 0 Å². The highest BCUT2D eigenvalue weighted by Crippen LogP contribution is 2.31. The molecule has 3 nitrogen and oxygen atoms in total. The zero-order chi connectivity index (χ0) is 18.6. The Bertz CT molecular complexity index is 757. The minimum atomic E-state index is -4.44. The SMILES string of the molecule is CN(C)c1ccc(C(=O)NCCc2ccccc2C(F)(F)F)cc1F. The molecule has 2 aromatic carbocycles. The quantitative estimate of drug-likeness (QED) is 0.827. The van der Waals surface area contributed by atoms with E-state index in [4.69, 9.17) is 0 Å². The average Bonchev–Trinajstić information content (AvgIpc) is 2.53. The largest absolute Gasteiger partial charge is 0.416 e. The molecule has 0 spiro atoms. The molecule has 134 valence electrons. The van der Waals surface area contributed by atoms with Gasteiger partial charge >= 0.3 is 6.18 Å². The smallest absolute Gasteiger partial charge is 0.375 e. The third kappa shape index (κ3) is 4.71. The fraction of sp³-hybridized carbons (Fsp3) is 0.278. The first-order valence-electron chi connectivity index (χ1n) is 7.60. The molecule has 0 fully saturated rings. The molecule has 2 rings (SSSR count). The third-order valence-electron chi connectivity index (χ3n) is 3.69. The second-order valence-corrected chi connectivity index (χ2v) is 5.72. The maximum atomic E-state index is 13.9. The first-order chi connectivity index (χ1) is 11.7. The number of alkyl halides is 3. The van der Waals surface area contributed by atoms with E-state index < -0.39 is 23.5 Å². The van der Waals surface area contributed by atoms with Crippen molar-refractivity contribution in [1.29, 1.82) is 0 Å². The second kappa shape index (κ2) is 7.55. The number of hydrogen-bond acceptors (Lipinski definition) is 2. The van der Waals surface area contributed by atoms with Crippen molar-refractivity contribution >= 4 is 11.6 Å². The van der Waals surface area contributed by atoms with Gasteiger partial charge in [-0.05, 0) is 36.2 Å². The van der Waals surface area contributed by atoms with Crippen LogP contribution in [0.25, 0.3) is 0 Å². The molecule has 7 heteroatoms. The number of nitrogens with zero attached hydrogens (tertiary/aromatic N) is 1. The van der Waals surface area contributed by atoms with Crippen LogP contribution < -0.4 is 10.2 Å². The average molecular weight is 354 g/mol. The normalized spacial score (nSPS) is 11.3. The Balaban J connectivity index is 2.01. The number of benzene rings is 2. The lowest BCUT2D eigenvalue weighted by Crippen LogP contribution is -2.26. The van der Waals surface area contributed by atoms with Crippen LogP contribution in [0.2, 0.25) is 0 Å². The zero-order valence-corrected chi connectivity index (χ0v) is 13.8. The summed E-state index contributed by atoms with van der Waals surface area (Å²) in [5, 5.41) is 2.52. The summed E-state index contributed by atoms with van der Waals surface area (Å²) < 4.78 is 52.6. The van der Waals surface area contributed by atoms with Crippen LogP contribution in [-0.4, -0.2) is 26.5 Å². The standard InChI is InChI=1S/C18H18F4N2O/c1-24(2)16-8-7-13(11-15(16)19)17(25)23-10-9-12-5-3-4-6-14(12)18(20,21)22/h3-8,11H,9-10H2,1-2H3,(H,23,25). The predicted octanol–water partition coefficient (Wildman–Crippen LogP) is 3.88. The van der Waals surface area contributed by atoms with Gasteiger partial charge in [-0.25, -0.2) is 4.39 Å². The molecule has 0 atom stereocenters. The van der Waals surface area contributed by atoms with E-state index in [-0.39, 0.29) is 24.1 Å². The number of carbonyl (C=O) groups excluding carboxylic acids is 1. The van der Waals surface area contributed by atoms with Crippen molar-refractivity contribution in [3.8, 4) is 0 Å². The molecule has 0 unspecified atom stereocenters. The molecule has 0 aliphatic carbocycles. The number of hydrogen-bond donors (Lipinski definition) is 1. The topological polar surface area (TPSA) is 32.3 Å². The van der Waals surface area contributed by atoms with Crippen molar-refractivity contribution in [3.63, 3.8) is 0 Å². The first kappa shape index (κ1) is 18.8. The van der Waals surface area contributed by atoms with Crippen molar-refractivity contribution in [2.45, 2.75) is 12.6 Å². The number of carbonyl (C=O) groups is 1. The Hall–Kier alpha value is -2.57. The minimum absolute atomic E-state index is 0.0168. The van der Waals surface area contributed by atoms with E-state index in [0.29, 0.717) is 5.69 Å². The minimum Gasteiger partial charge on any atom is -0.375 e. The van der Waals surface area contributed by atoms with Crippen LogP contribution in [0.5, 0.6) is 0 Å². The molecule has 0 aliphatic heterocycles. The van der Waals surface area contributed by atoms with Gasteiger partial charge in [-0.15, -0.1) is 0 Å². The Morgan fingerprint density at radius 1 is 1.12 bits per heavy atom. The van der Waals surface area contributed by atoms with Crippen LogP contribution in [0.1, 0.15) is 21.5 Å². The lowest BCUT2D eigenvalue weighted by Gasteiger charge is -2.15. The van der Waals surface area contributed by atoms with E-state index in [9.17, 15) is 22.4 Å². The molecular weight excluding hydrogens is 336 g/mol. The number of halogens is 4. The molecular formula is C18H18F4N2O. The van der Waals surface area contributed by atoms with Gasteiger partial charge in [0, 0.05) is 26.2 Å². The number of amides is 1. The molecule has 0 radical (unpaired) electrons. The van der Waals surface area contributed by atoms with E-state index >= 15 is 0 Å². The van der Waals surface area contributed by atoms with Crippen molar-refractivity contribution in [2.24, 2.45) is 0 Å². The lowest BCUT2D eigenvalue weighted by molar-refractivity contribution is -0.138. The van der Waals surface area contributed by atoms with E-state index in [2.05, 4.69) is 5.32 Å². The van der Waals surface area contributed by atoms with E-state index in [1.54, 1.807) is 19.0 Å². The Morgan fingerprint density at radius 2 is 1.80 bits per heavy atom. The zero-order valence-electron chi connectivity index (χ0n) is 13.8. The van der Waals surface area contributed by atoms with Gasteiger partial charge < -0.3 is 10.2 Å². The van der Waals surface area contributed by atoms with Crippen LogP contribution in [0, 0.1) is 5.82 Å². The molecule has 1 N–H and O–H groups in total. The van der Waals surface area contributed by atoms with Gasteiger partial charge in [0.25, 0.3) is 5.91 Å². The number of anilines is 1. The van der Waals surface area contributed by atoms with E-state index in [1.165, 1.54) is 30.3 Å². The summed E-state index contributed by atoms with van der Waals surface area (Å²) in [4.78, 5) is 13.6. The predicted molar refractivity (Wildman–Crippen MR) is 88.2 cm³/mol. The Morgan fingerprint density at radius 3 is 2.40 bits per heavy atom. The molecule has 25 heavy (non-hydrogen) atoms. The molecule has 1 amide bonds. The van der Waals surface area contributed by atoms with Crippen LogP contribution >= 0.6 is 0 Å². The van der Waals surface area contributed by atoms with E-state index in [1.807, 2.05) is 0 Å². The highest BCUT2D eigenvalue weighted by molar-refractivity contribution is 5.94. The first-order valence-corrected chi connectivity index (χ1v) is 7.60. The fourth-order valence-corrected chi connectivity index (χ4v) is 2.44. The van der Waals surface area contributed by atoms with Gasteiger partial charge in [0.15, 0.2) is 0 Å². The van der Waals surface area contributed by atoms with Gasteiger partial charge in [-0.3, -0.25) is 4.79 Å². The van der Waals surface area contributed by atoms with Crippen molar-refractivity contribution in [1.82, 2.24) is 5.32 Å². The molecule has 0 bridgehead atoms. The van der Waals surface area contributed by atoms with Gasteiger partial charge in [-0.2, -0.15) is 13.2 Å². The molecule has 2 aromatic rings. The van der Waals surface area contributed by atoms with E-state index in [0.717, 1.165) is 12.1 Å². The maximum absolute atomic E-state index is 13.9. The van der Waals surface area contributed by atoms with Crippen molar-refractivity contribution in [3.05, 3.63) is 65.0 Å². The highest BCUT2D eigenvalue weighted by Gasteiger charge is 2.32. The molecule has 0 aliphatic rings. The van der Waals surface area contributed by atoms with Crippen molar-refractivity contribution in [2.75, 3.05) is 25.5 Å². The highest BCUT2D eigenvalue weighted by atomic mass is 19.4. The summed E-state index contributed by atoms with van der Waals surface area (Å²) >= 11 is 0. The van der Waals surface area contributed by atoms with Crippen LogP contribution in [0.4, 0.5) is 23.2 Å². The van der Waals surface area contributed by atoms with Crippen LogP contribution in [0.15, 0.2) is 42.5 Å². The maximum Gasteiger partial charge on any atom is 0.416 e. The monoisotopic (exact) mass is 354 g/mol. The summed E-state index contributed by atoms with van der Waals surface area (Å²) in [6.07, 6.45) is -4.41. The molecule has 0 saturated carbocycles. The van der Waals surface area contributed by atoms with Gasteiger partial charge in [0.1, 0.15) is 5.82 Å². The summed E-state index contributed by atoms with van der Waals surface area (Å²) in [6, 6.07) is 9.27. The lowest BCUT2D eigenvalue weighted by atomic mass is 10.0. The molecule has 0 aromatic heterocycles. The Kier molecular flexibility index (Phi) is 5.66. The van der Waals surface area contributed by atoms with Gasteiger partial charge in [-0.1, -0.05) is 18.2 Å². The van der Waals surface area contributed by atoms with Crippen molar-refractivity contribution < 1.29 is 22.4 Å². The molecule has 0 saturated heterocycles. The third-order valence-corrected chi connectivity index (χ3v) is 3.69. The summed E-state index contributed by atoms with van der Waals surface area (Å²) in [6.45, 7) is 0.0168. The second-order valence-electron chi connectivity index (χ2n) is 5.72. The summed E-state index contributed by atoms with van der Waals surface area (Å²) in [5.41, 5.74) is -0.155. The number of rotatable bonds is 5. The summed E-state index contributed by atoms with van der Waals surface area (Å²) in [5.74, 6) is -1.08. The van der Waals surface area contributed by atoms with Crippen LogP contribution in [-0.2, 0) is 12.6 Å². The van der Waals surface area contributed by atoms with Gasteiger partial charge in [0.05, 0.1) is 11.3 Å². The number of nitrogens with one attached hydrogen (secondary N) is 1.